The minimum Gasteiger partial charge on any atom is -0.495 e. The van der Waals surface area contributed by atoms with E-state index in [0.717, 1.165) is 37.5 Å². The highest BCUT2D eigenvalue weighted by atomic mass is 32.1. The third-order valence-corrected chi connectivity index (χ3v) is 6.18. The summed E-state index contributed by atoms with van der Waals surface area (Å²) in [6.45, 7) is 2.57. The first-order valence-corrected chi connectivity index (χ1v) is 10.6. The van der Waals surface area contributed by atoms with Crippen LogP contribution in [0.15, 0.2) is 48.8 Å². The Morgan fingerprint density at radius 3 is 2.81 bits per heavy atom. The van der Waals surface area contributed by atoms with Gasteiger partial charge in [0.25, 0.3) is 0 Å². The summed E-state index contributed by atoms with van der Waals surface area (Å²) in [5, 5.41) is 16.4. The van der Waals surface area contributed by atoms with Gasteiger partial charge in [0.2, 0.25) is 0 Å². The molecule has 0 unspecified atom stereocenters. The minimum absolute atomic E-state index is 0.270. The van der Waals surface area contributed by atoms with Crippen molar-refractivity contribution in [3.8, 4) is 5.75 Å². The molecule has 2 aromatic heterocycles. The van der Waals surface area contributed by atoms with E-state index in [9.17, 15) is 0 Å². The van der Waals surface area contributed by atoms with Crippen LogP contribution < -0.4 is 21.1 Å². The number of anilines is 3. The van der Waals surface area contributed by atoms with E-state index in [0.29, 0.717) is 17.9 Å². The number of nitrogen functional groups attached to an aromatic ring is 1. The summed E-state index contributed by atoms with van der Waals surface area (Å²) in [7, 11) is 3.55. The monoisotopic (exact) mass is 432 g/mol. The normalized spacial score (nSPS) is 10.8. The molecule has 0 atom stereocenters. The standard InChI is InChI=1S/C23H24N6OS/c1-13-7-15-10-18(31-21(15)17(8-13)30-3)20(24)19-22(25)28-12-29-23(19)27-11-14-5-4-6-16(9-14)26-2/h4-10,12,24,26H,11H2,1-3H3,(H3,25,27,28,29). The number of hydrogen-bond donors (Lipinski definition) is 4. The molecule has 0 bridgehead atoms. The van der Waals surface area contributed by atoms with Gasteiger partial charge in [0, 0.05) is 19.3 Å². The average Bonchev–Trinajstić information content (AvgIpc) is 3.21. The quantitative estimate of drug-likeness (QED) is 0.316. The van der Waals surface area contributed by atoms with Gasteiger partial charge in [0.15, 0.2) is 0 Å². The summed E-state index contributed by atoms with van der Waals surface area (Å²) in [6, 6.07) is 14.2. The van der Waals surface area contributed by atoms with Gasteiger partial charge in [-0.25, -0.2) is 9.97 Å². The molecule has 31 heavy (non-hydrogen) atoms. The first kappa shape index (κ1) is 20.6. The maximum atomic E-state index is 8.87. The second-order valence-electron chi connectivity index (χ2n) is 7.16. The average molecular weight is 433 g/mol. The van der Waals surface area contributed by atoms with Crippen molar-refractivity contribution in [3.05, 3.63) is 70.4 Å². The third-order valence-electron chi connectivity index (χ3n) is 5.00. The number of benzene rings is 2. The lowest BCUT2D eigenvalue weighted by molar-refractivity contribution is 0.420. The highest BCUT2D eigenvalue weighted by Gasteiger charge is 2.19. The number of nitrogens with one attached hydrogen (secondary N) is 3. The molecule has 2 heterocycles. The van der Waals surface area contributed by atoms with Gasteiger partial charge in [0.1, 0.15) is 23.7 Å². The molecule has 0 radical (unpaired) electrons. The summed E-state index contributed by atoms with van der Waals surface area (Å²) in [5.41, 5.74) is 10.2. The fourth-order valence-electron chi connectivity index (χ4n) is 3.46. The van der Waals surface area contributed by atoms with Crippen LogP contribution in [0.4, 0.5) is 17.3 Å². The Kier molecular flexibility index (Phi) is 5.73. The van der Waals surface area contributed by atoms with Gasteiger partial charge in [-0.3, -0.25) is 5.41 Å². The lowest BCUT2D eigenvalue weighted by Gasteiger charge is -2.13. The summed E-state index contributed by atoms with van der Waals surface area (Å²) < 4.78 is 6.54. The number of nitrogens with two attached hydrogens (primary N) is 1. The van der Waals surface area contributed by atoms with Gasteiger partial charge in [-0.05, 0) is 47.7 Å². The molecule has 0 fully saturated rings. The summed E-state index contributed by atoms with van der Waals surface area (Å²) in [5.74, 6) is 1.61. The van der Waals surface area contributed by atoms with Crippen molar-refractivity contribution in [2.75, 3.05) is 30.5 Å². The van der Waals surface area contributed by atoms with Gasteiger partial charge in [-0.15, -0.1) is 11.3 Å². The Morgan fingerprint density at radius 1 is 1.19 bits per heavy atom. The lowest BCUT2D eigenvalue weighted by Crippen LogP contribution is -2.13. The maximum absolute atomic E-state index is 8.87. The molecular weight excluding hydrogens is 408 g/mol. The van der Waals surface area contributed by atoms with Crippen LogP contribution in [-0.2, 0) is 6.54 Å². The zero-order valence-electron chi connectivity index (χ0n) is 17.6. The second-order valence-corrected chi connectivity index (χ2v) is 8.21. The Labute approximate surface area is 184 Å². The third kappa shape index (κ3) is 4.15. The van der Waals surface area contributed by atoms with Gasteiger partial charge in [0.05, 0.1) is 28.0 Å². The molecule has 8 heteroatoms. The molecular formula is C23H24N6OS. The zero-order chi connectivity index (χ0) is 22.0. The van der Waals surface area contributed by atoms with Gasteiger partial charge in [-0.2, -0.15) is 0 Å². The summed E-state index contributed by atoms with van der Waals surface area (Å²) in [6.07, 6.45) is 1.41. The van der Waals surface area contributed by atoms with Crippen LogP contribution >= 0.6 is 11.3 Å². The molecule has 4 aromatic rings. The molecule has 0 aliphatic heterocycles. The van der Waals surface area contributed by atoms with E-state index >= 15 is 0 Å². The van der Waals surface area contributed by atoms with Gasteiger partial charge in [-0.1, -0.05) is 18.2 Å². The van der Waals surface area contributed by atoms with E-state index in [1.54, 1.807) is 7.11 Å². The van der Waals surface area contributed by atoms with Crippen LogP contribution in [0.5, 0.6) is 5.75 Å². The Morgan fingerprint density at radius 2 is 2.03 bits per heavy atom. The SMILES string of the molecule is CNc1cccc(CNc2ncnc(N)c2C(=N)c2cc3cc(C)cc(OC)c3s2)c1. The maximum Gasteiger partial charge on any atom is 0.141 e. The number of ether oxygens (including phenoxy) is 1. The van der Waals surface area contributed by atoms with E-state index in [1.165, 1.54) is 17.7 Å². The number of thiophene rings is 1. The highest BCUT2D eigenvalue weighted by molar-refractivity contribution is 7.21. The number of nitrogens with zero attached hydrogens (tertiary/aromatic N) is 2. The first-order chi connectivity index (χ1) is 15.0. The van der Waals surface area contributed by atoms with Crippen molar-refractivity contribution in [3.63, 3.8) is 0 Å². The van der Waals surface area contributed by atoms with Crippen molar-refractivity contribution in [2.24, 2.45) is 0 Å². The fraction of sp³-hybridized carbons (Fsp3) is 0.174. The number of aromatic nitrogens is 2. The topological polar surface area (TPSA) is 109 Å². The van der Waals surface area contributed by atoms with E-state index in [4.69, 9.17) is 15.9 Å². The first-order valence-electron chi connectivity index (χ1n) is 9.78. The van der Waals surface area contributed by atoms with Gasteiger partial charge >= 0.3 is 0 Å². The van der Waals surface area contributed by atoms with Crippen molar-refractivity contribution >= 4 is 44.5 Å². The Balaban J connectivity index is 1.68. The molecule has 7 nitrogen and oxygen atoms in total. The zero-order valence-corrected chi connectivity index (χ0v) is 18.4. The second kappa shape index (κ2) is 8.61. The number of rotatable bonds is 7. The lowest BCUT2D eigenvalue weighted by atomic mass is 10.1. The molecule has 2 aromatic carbocycles. The number of fused-ring (bicyclic) bond motifs is 1. The molecule has 158 valence electrons. The Hall–Kier alpha value is -3.65. The molecule has 0 aliphatic rings. The highest BCUT2D eigenvalue weighted by Crippen LogP contribution is 2.36. The van der Waals surface area contributed by atoms with Crippen LogP contribution in [0.1, 0.15) is 21.6 Å². The smallest absolute Gasteiger partial charge is 0.141 e. The molecule has 0 spiro atoms. The van der Waals surface area contributed by atoms with Crippen LogP contribution in [0, 0.1) is 12.3 Å². The number of methoxy groups -OCH3 is 1. The predicted molar refractivity (Wildman–Crippen MR) is 129 cm³/mol. The van der Waals surface area contributed by atoms with Crippen LogP contribution in [0.3, 0.4) is 0 Å². The molecule has 5 N–H and O–H groups in total. The van der Waals surface area contributed by atoms with Crippen molar-refractivity contribution < 1.29 is 4.74 Å². The number of hydrogen-bond acceptors (Lipinski definition) is 8. The summed E-state index contributed by atoms with van der Waals surface area (Å²) in [4.78, 5) is 9.27. The summed E-state index contributed by atoms with van der Waals surface area (Å²) >= 11 is 1.50. The Bertz CT molecular complexity index is 1270. The molecule has 0 aliphatic carbocycles. The van der Waals surface area contributed by atoms with Gasteiger partial charge < -0.3 is 21.1 Å². The molecule has 4 rings (SSSR count). The minimum atomic E-state index is 0.270. The van der Waals surface area contributed by atoms with E-state index < -0.39 is 0 Å². The predicted octanol–water partition coefficient (Wildman–Crippen LogP) is 4.66. The fourth-order valence-corrected chi connectivity index (χ4v) is 4.55. The van der Waals surface area contributed by atoms with Crippen molar-refractivity contribution in [2.45, 2.75) is 13.5 Å². The number of aryl methyl sites for hydroxylation is 1. The van der Waals surface area contributed by atoms with Crippen LogP contribution in [0.25, 0.3) is 10.1 Å². The van der Waals surface area contributed by atoms with E-state index in [-0.39, 0.29) is 11.5 Å². The van der Waals surface area contributed by atoms with Crippen molar-refractivity contribution in [1.82, 2.24) is 9.97 Å². The molecule has 0 amide bonds. The van der Waals surface area contributed by atoms with Crippen LogP contribution in [0.2, 0.25) is 0 Å². The van der Waals surface area contributed by atoms with E-state index in [1.807, 2.05) is 44.3 Å². The van der Waals surface area contributed by atoms with E-state index in [2.05, 4.69) is 32.7 Å². The van der Waals surface area contributed by atoms with Crippen molar-refractivity contribution in [1.29, 1.82) is 5.41 Å². The molecule has 0 saturated heterocycles. The molecule has 0 saturated carbocycles. The van der Waals surface area contributed by atoms with Crippen LogP contribution in [-0.4, -0.2) is 29.8 Å². The largest absolute Gasteiger partial charge is 0.495 e.